The molecule has 2 aliphatic carbocycles. The smallest absolute Gasteiger partial charge is 0.242 e. The van der Waals surface area contributed by atoms with Gasteiger partial charge in [0.1, 0.15) is 17.0 Å². The van der Waals surface area contributed by atoms with Crippen LogP contribution in [0, 0.1) is 36.0 Å². The fourth-order valence-corrected chi connectivity index (χ4v) is 12.2. The molecule has 5 heterocycles. The molecule has 4 amide bonds. The molecule has 4 aromatic carbocycles. The van der Waals surface area contributed by atoms with Gasteiger partial charge in [-0.2, -0.15) is 5.10 Å². The summed E-state index contributed by atoms with van der Waals surface area (Å²) >= 11 is 7.91. The van der Waals surface area contributed by atoms with E-state index in [4.69, 9.17) is 25.9 Å². The third-order valence-electron chi connectivity index (χ3n) is 13.8. The number of aromatic nitrogens is 3. The van der Waals surface area contributed by atoms with Crippen LogP contribution in [0.3, 0.4) is 0 Å². The van der Waals surface area contributed by atoms with Crippen LogP contribution in [0.2, 0.25) is 5.02 Å². The molecule has 2 saturated heterocycles. The highest BCUT2D eigenvalue weighted by atomic mass is 35.5. The molecule has 7 aromatic rings. The molecule has 3 fully saturated rings. The lowest BCUT2D eigenvalue weighted by Gasteiger charge is -2.49. The van der Waals surface area contributed by atoms with Crippen molar-refractivity contribution in [3.63, 3.8) is 0 Å². The van der Waals surface area contributed by atoms with Crippen molar-refractivity contribution in [3.05, 3.63) is 119 Å². The number of aryl methyl sites for hydroxylation is 2. The number of carbonyl (C=O) groups is 4. The molecule has 0 spiro atoms. The van der Waals surface area contributed by atoms with E-state index in [2.05, 4.69) is 4.98 Å². The van der Waals surface area contributed by atoms with Crippen molar-refractivity contribution in [2.45, 2.75) is 39.5 Å². The van der Waals surface area contributed by atoms with Crippen LogP contribution in [0.15, 0.2) is 107 Å². The third kappa shape index (κ3) is 5.64. The average molecular weight is 878 g/mol. The topological polar surface area (TPSA) is 148 Å². The summed E-state index contributed by atoms with van der Waals surface area (Å²) in [6.45, 7) is 5.90. The van der Waals surface area contributed by atoms with E-state index in [-0.39, 0.29) is 36.2 Å². The number of benzene rings is 4. The average Bonchev–Trinajstić information content (AvgIpc) is 4.06. The quantitative estimate of drug-likeness (QED) is 0.122. The van der Waals surface area contributed by atoms with E-state index in [0.29, 0.717) is 51.4 Å². The molecule has 0 radical (unpaired) electrons. The Bertz CT molecular complexity index is 3120. The molecular weight excluding hydrogens is 838 g/mol. The Balaban J connectivity index is 0.980. The number of phenols is 1. The number of amides is 4. The van der Waals surface area contributed by atoms with Crippen molar-refractivity contribution in [1.29, 1.82) is 0 Å². The summed E-state index contributed by atoms with van der Waals surface area (Å²) in [7, 11) is 1.71. The number of thiophene rings is 1. The SMILES string of the molecule is CCOc1cccc([C@H]2C3=CC[C@@H]4C(=O)N(c5ccc(-c6nc7ccccc7o6)cc5)C(=O)[C@@H]4[C@@H]3C[C@H]3C(=O)N(c4cc(-c5sc6ccc(Cl)cc6c5C)nn4C)C(=O)[C@@]23C)c1O. The maximum absolute atomic E-state index is 15.3. The molecule has 12 nitrogen and oxygen atoms in total. The van der Waals surface area contributed by atoms with Gasteiger partial charge in [-0.25, -0.2) is 9.88 Å². The van der Waals surface area contributed by atoms with Crippen molar-refractivity contribution in [3.8, 4) is 33.5 Å². The summed E-state index contributed by atoms with van der Waals surface area (Å²) in [5.41, 5.74) is 3.85. The second-order valence-corrected chi connectivity index (χ2v) is 18.5. The number of anilines is 2. The molecule has 1 saturated carbocycles. The summed E-state index contributed by atoms with van der Waals surface area (Å²) in [6, 6.07) is 27.1. The van der Waals surface area contributed by atoms with E-state index < -0.39 is 46.8 Å². The number of ether oxygens (including phenoxy) is 1. The highest BCUT2D eigenvalue weighted by Crippen LogP contribution is 2.65. The zero-order valence-electron chi connectivity index (χ0n) is 34.7. The zero-order valence-corrected chi connectivity index (χ0v) is 36.2. The minimum atomic E-state index is -1.39. The van der Waals surface area contributed by atoms with Crippen molar-refractivity contribution in [2.75, 3.05) is 16.4 Å². The Morgan fingerprint density at radius 2 is 1.73 bits per heavy atom. The van der Waals surface area contributed by atoms with Crippen LogP contribution in [0.25, 0.3) is 43.2 Å². The van der Waals surface area contributed by atoms with Gasteiger partial charge in [0.05, 0.1) is 40.3 Å². The number of allylic oxidation sites excluding steroid dienone is 2. The van der Waals surface area contributed by atoms with E-state index in [1.54, 1.807) is 78.5 Å². The number of phenolic OH excluding ortho intramolecular Hbond substituents is 1. The summed E-state index contributed by atoms with van der Waals surface area (Å²) in [5.74, 6) is -4.52. The molecule has 11 rings (SSSR count). The van der Waals surface area contributed by atoms with E-state index in [1.807, 2.05) is 62.4 Å². The van der Waals surface area contributed by atoms with Crippen LogP contribution in [0.1, 0.15) is 43.7 Å². The fraction of sp³-hybridized carbons (Fsp3) is 0.265. The number of oxazole rings is 1. The molecule has 316 valence electrons. The van der Waals surface area contributed by atoms with Gasteiger partial charge >= 0.3 is 0 Å². The van der Waals surface area contributed by atoms with Crippen molar-refractivity contribution in [1.82, 2.24) is 14.8 Å². The molecule has 1 N–H and O–H groups in total. The van der Waals surface area contributed by atoms with Gasteiger partial charge in [-0.3, -0.25) is 28.8 Å². The normalized spacial score (nSPS) is 24.3. The Hall–Kier alpha value is -6.57. The van der Waals surface area contributed by atoms with Crippen molar-refractivity contribution >= 4 is 79.3 Å². The molecule has 0 unspecified atom stereocenters. The predicted octanol–water partition coefficient (Wildman–Crippen LogP) is 9.61. The Labute approximate surface area is 370 Å². The molecular formula is C49H40ClN5O7S. The van der Waals surface area contributed by atoms with Gasteiger partial charge in [0.2, 0.25) is 29.5 Å². The first kappa shape index (κ1) is 39.3. The summed E-state index contributed by atoms with van der Waals surface area (Å²) in [5, 5.41) is 18.4. The Morgan fingerprint density at radius 1 is 0.937 bits per heavy atom. The van der Waals surface area contributed by atoms with Crippen LogP contribution >= 0.6 is 22.9 Å². The van der Waals surface area contributed by atoms with Gasteiger partial charge in [0, 0.05) is 39.9 Å². The van der Waals surface area contributed by atoms with E-state index in [0.717, 1.165) is 31.6 Å². The highest BCUT2D eigenvalue weighted by Gasteiger charge is 2.68. The lowest BCUT2D eigenvalue weighted by atomic mass is 9.51. The molecule has 14 heteroatoms. The lowest BCUT2D eigenvalue weighted by Crippen LogP contribution is -2.49. The zero-order chi connectivity index (χ0) is 43.6. The number of para-hydroxylation sites is 3. The third-order valence-corrected chi connectivity index (χ3v) is 15.3. The highest BCUT2D eigenvalue weighted by molar-refractivity contribution is 7.22. The van der Waals surface area contributed by atoms with Gasteiger partial charge in [0.25, 0.3) is 0 Å². The van der Waals surface area contributed by atoms with Gasteiger partial charge in [-0.1, -0.05) is 47.5 Å². The first-order valence-electron chi connectivity index (χ1n) is 21.0. The van der Waals surface area contributed by atoms with E-state index in [1.165, 1.54) is 9.80 Å². The number of rotatable bonds is 7. The first-order chi connectivity index (χ1) is 30.4. The number of hydrogen-bond donors (Lipinski definition) is 1. The van der Waals surface area contributed by atoms with Gasteiger partial charge in [-0.05, 0) is 111 Å². The van der Waals surface area contributed by atoms with Gasteiger partial charge < -0.3 is 14.3 Å². The predicted molar refractivity (Wildman–Crippen MR) is 240 cm³/mol. The second-order valence-electron chi connectivity index (χ2n) is 17.0. The van der Waals surface area contributed by atoms with Crippen LogP contribution < -0.4 is 14.5 Å². The molecule has 3 aromatic heterocycles. The van der Waals surface area contributed by atoms with Crippen molar-refractivity contribution < 1.29 is 33.4 Å². The first-order valence-corrected chi connectivity index (χ1v) is 22.2. The molecule has 2 aliphatic heterocycles. The number of carbonyl (C=O) groups excluding carboxylic acids is 4. The molecule has 4 aliphatic rings. The van der Waals surface area contributed by atoms with Crippen LogP contribution in [0.4, 0.5) is 11.5 Å². The minimum absolute atomic E-state index is 0.135. The fourth-order valence-electron chi connectivity index (χ4n) is 10.8. The van der Waals surface area contributed by atoms with Crippen LogP contribution in [-0.4, -0.2) is 50.1 Å². The minimum Gasteiger partial charge on any atom is -0.504 e. The Morgan fingerprint density at radius 3 is 2.51 bits per heavy atom. The van der Waals surface area contributed by atoms with Crippen LogP contribution in [0.5, 0.6) is 11.5 Å². The summed E-state index contributed by atoms with van der Waals surface area (Å²) < 4.78 is 14.4. The number of halogens is 1. The maximum atomic E-state index is 15.3. The number of aromatic hydroxyl groups is 1. The van der Waals surface area contributed by atoms with E-state index in [9.17, 15) is 14.7 Å². The lowest BCUT2D eigenvalue weighted by molar-refractivity contribution is -0.131. The maximum Gasteiger partial charge on any atom is 0.242 e. The van der Waals surface area contributed by atoms with Gasteiger partial charge in [0.15, 0.2) is 17.1 Å². The number of imide groups is 2. The molecule has 63 heavy (non-hydrogen) atoms. The monoisotopic (exact) mass is 877 g/mol. The standard InChI is InChI=1S/C49H40ClN5O7S/c1-5-61-37-12-8-9-30(42(37)56)41-28-18-19-29-40(47(59)54(45(29)57)27-16-13-25(14-17-27)44-51-34-10-6-7-11-36(34)62-44)32(28)22-33-46(58)55(48(60)49(33,41)3)39-23-35(52-53(39)4)43-24(2)31-21-26(50)15-20-38(31)63-43/h6-18,20-21,23,29,32-33,40-41,56H,5,19,22H2,1-4H3/t29-,32+,33-,40-,41+,49+/m0/s1. The largest absolute Gasteiger partial charge is 0.504 e. The number of fused-ring (bicyclic) bond motifs is 6. The van der Waals surface area contributed by atoms with Crippen LogP contribution in [-0.2, 0) is 26.2 Å². The van der Waals surface area contributed by atoms with E-state index >= 15 is 9.59 Å². The summed E-state index contributed by atoms with van der Waals surface area (Å²) in [4.78, 5) is 67.6. The molecule has 0 bridgehead atoms. The molecule has 6 atom stereocenters. The number of hydrogen-bond acceptors (Lipinski definition) is 10. The second kappa shape index (κ2) is 14.2. The van der Waals surface area contributed by atoms with Gasteiger partial charge in [-0.15, -0.1) is 11.3 Å². The van der Waals surface area contributed by atoms with Crippen molar-refractivity contribution in [2.24, 2.45) is 36.1 Å². The summed E-state index contributed by atoms with van der Waals surface area (Å²) in [6.07, 6.45) is 2.37. The number of nitrogens with zero attached hydrogens (tertiary/aromatic N) is 5. The Kier molecular flexibility index (Phi) is 8.87.